The molecule has 1 N–H and O–H groups in total. The minimum absolute atomic E-state index is 0.0751. The lowest BCUT2D eigenvalue weighted by Crippen LogP contribution is -2.39. The molecule has 0 saturated carbocycles. The van der Waals surface area contributed by atoms with Gasteiger partial charge in [0.15, 0.2) is 5.09 Å². The van der Waals surface area contributed by atoms with E-state index in [1.165, 1.54) is 28.4 Å². The zero-order chi connectivity index (χ0) is 14.8. The summed E-state index contributed by atoms with van der Waals surface area (Å²) in [6.45, 7) is 1.11. The van der Waals surface area contributed by atoms with E-state index in [4.69, 9.17) is 9.52 Å². The molecule has 0 radical (unpaired) electrons. The molecule has 0 amide bonds. The third-order valence-corrected chi connectivity index (χ3v) is 5.62. The number of furan rings is 1. The maximum atomic E-state index is 11.5. The van der Waals surface area contributed by atoms with Crippen LogP contribution in [0.5, 0.6) is 0 Å². The Bertz CT molecular complexity index is 580. The molecule has 2 rings (SSSR count). The number of aromatic carboxylic acids is 1. The second-order valence-corrected chi connectivity index (χ2v) is 7.87. The first-order chi connectivity index (χ1) is 9.36. The van der Waals surface area contributed by atoms with E-state index < -0.39 is 16.0 Å². The highest BCUT2D eigenvalue weighted by Gasteiger charge is 2.26. The van der Waals surface area contributed by atoms with Crippen LogP contribution in [0.3, 0.4) is 0 Å². The molecule has 1 fully saturated rings. The molecule has 20 heavy (non-hydrogen) atoms. The maximum absolute atomic E-state index is 11.5. The van der Waals surface area contributed by atoms with Crippen molar-refractivity contribution in [1.82, 2.24) is 4.31 Å². The Labute approximate surface area is 122 Å². The van der Waals surface area contributed by atoms with Crippen LogP contribution in [0, 0.1) is 5.92 Å². The summed E-state index contributed by atoms with van der Waals surface area (Å²) in [6.07, 6.45) is 3.07. The molecule has 0 aliphatic carbocycles. The number of thioether (sulfide) groups is 1. The summed E-state index contributed by atoms with van der Waals surface area (Å²) in [7, 11) is -3.13. The summed E-state index contributed by atoms with van der Waals surface area (Å²) in [5.41, 5.74) is 0. The Morgan fingerprint density at radius 3 is 2.90 bits per heavy atom. The van der Waals surface area contributed by atoms with Gasteiger partial charge in [0.05, 0.1) is 6.26 Å². The number of hydrogen-bond acceptors (Lipinski definition) is 5. The Hall–Kier alpha value is -0.990. The van der Waals surface area contributed by atoms with Crippen LogP contribution in [0.25, 0.3) is 0 Å². The van der Waals surface area contributed by atoms with Crippen molar-refractivity contribution in [3.05, 3.63) is 17.9 Å². The van der Waals surface area contributed by atoms with Crippen LogP contribution in [-0.2, 0) is 10.0 Å². The number of hydrogen-bond donors (Lipinski definition) is 1. The second kappa shape index (κ2) is 6.19. The highest BCUT2D eigenvalue weighted by Crippen LogP contribution is 2.28. The molecule has 1 atom stereocenters. The third kappa shape index (κ3) is 4.00. The second-order valence-electron chi connectivity index (χ2n) is 4.86. The van der Waals surface area contributed by atoms with E-state index in [0.717, 1.165) is 18.6 Å². The largest absolute Gasteiger partial charge is 0.475 e. The molecule has 1 saturated heterocycles. The molecule has 0 bridgehead atoms. The molecule has 1 aliphatic heterocycles. The van der Waals surface area contributed by atoms with Crippen molar-refractivity contribution in [3.8, 4) is 0 Å². The fraction of sp³-hybridized carbons (Fsp3) is 0.583. The summed E-state index contributed by atoms with van der Waals surface area (Å²) in [6, 6.07) is 3.06. The van der Waals surface area contributed by atoms with Crippen LogP contribution >= 0.6 is 11.8 Å². The van der Waals surface area contributed by atoms with Gasteiger partial charge >= 0.3 is 5.97 Å². The van der Waals surface area contributed by atoms with Crippen LogP contribution in [0.2, 0.25) is 0 Å². The SMILES string of the molecule is CS(=O)(=O)N1CCCC(CSc2ccc(C(=O)O)o2)C1. The summed E-state index contributed by atoms with van der Waals surface area (Å²) in [5.74, 6) is -0.174. The Balaban J connectivity index is 1.88. The number of carbonyl (C=O) groups is 1. The first-order valence-corrected chi connectivity index (χ1v) is 9.10. The molecular weight excluding hydrogens is 302 g/mol. The Morgan fingerprint density at radius 1 is 1.55 bits per heavy atom. The van der Waals surface area contributed by atoms with E-state index >= 15 is 0 Å². The van der Waals surface area contributed by atoms with E-state index in [1.54, 1.807) is 6.07 Å². The van der Waals surface area contributed by atoms with E-state index in [0.29, 0.717) is 18.2 Å². The summed E-state index contributed by atoms with van der Waals surface area (Å²) in [4.78, 5) is 10.7. The van der Waals surface area contributed by atoms with Gasteiger partial charge in [-0.25, -0.2) is 17.5 Å². The van der Waals surface area contributed by atoms with Gasteiger partial charge in [-0.3, -0.25) is 0 Å². The standard InChI is InChI=1S/C12H17NO5S2/c1-20(16,17)13-6-2-3-9(7-13)8-19-11-5-4-10(18-11)12(14)15/h4-5,9H,2-3,6-8H2,1H3,(H,14,15). The van der Waals surface area contributed by atoms with Crippen LogP contribution in [0.1, 0.15) is 23.4 Å². The number of rotatable bonds is 5. The van der Waals surface area contributed by atoms with Gasteiger partial charge in [0.2, 0.25) is 15.8 Å². The quantitative estimate of drug-likeness (QED) is 0.832. The normalized spacial score (nSPS) is 20.9. The summed E-state index contributed by atoms with van der Waals surface area (Å²) < 4.78 is 29.7. The highest BCUT2D eigenvalue weighted by molar-refractivity contribution is 7.99. The molecule has 1 aromatic rings. The summed E-state index contributed by atoms with van der Waals surface area (Å²) in [5, 5.41) is 9.32. The monoisotopic (exact) mass is 319 g/mol. The molecule has 8 heteroatoms. The lowest BCUT2D eigenvalue weighted by molar-refractivity contribution is 0.0656. The molecule has 1 aromatic heterocycles. The van der Waals surface area contributed by atoms with Gasteiger partial charge in [-0.15, -0.1) is 0 Å². The van der Waals surface area contributed by atoms with Crippen molar-refractivity contribution in [2.24, 2.45) is 5.92 Å². The predicted octanol–water partition coefficient (Wildman–Crippen LogP) is 1.74. The van der Waals surface area contributed by atoms with Crippen molar-refractivity contribution < 1.29 is 22.7 Å². The Morgan fingerprint density at radius 2 is 2.30 bits per heavy atom. The van der Waals surface area contributed by atoms with Crippen molar-refractivity contribution in [3.63, 3.8) is 0 Å². The minimum atomic E-state index is -3.13. The van der Waals surface area contributed by atoms with Crippen molar-refractivity contribution in [2.75, 3.05) is 25.1 Å². The van der Waals surface area contributed by atoms with Gasteiger partial charge in [0.25, 0.3) is 0 Å². The fourth-order valence-corrected chi connectivity index (χ4v) is 4.10. The molecule has 0 spiro atoms. The molecular formula is C12H17NO5S2. The van der Waals surface area contributed by atoms with Gasteiger partial charge < -0.3 is 9.52 Å². The Kier molecular flexibility index (Phi) is 4.77. The smallest absolute Gasteiger partial charge is 0.371 e. The molecule has 6 nitrogen and oxygen atoms in total. The number of sulfonamides is 1. The van der Waals surface area contributed by atoms with Crippen LogP contribution in [-0.4, -0.2) is 48.9 Å². The van der Waals surface area contributed by atoms with Crippen LogP contribution < -0.4 is 0 Å². The molecule has 1 aliphatic rings. The number of piperidine rings is 1. The van der Waals surface area contributed by atoms with Crippen molar-refractivity contribution in [2.45, 2.75) is 17.9 Å². The van der Waals surface area contributed by atoms with Gasteiger partial charge in [-0.2, -0.15) is 0 Å². The van der Waals surface area contributed by atoms with Gasteiger partial charge in [-0.1, -0.05) is 11.8 Å². The number of carboxylic acids is 1. The first kappa shape index (κ1) is 15.4. The van der Waals surface area contributed by atoms with Crippen molar-refractivity contribution in [1.29, 1.82) is 0 Å². The summed E-state index contributed by atoms with van der Waals surface area (Å²) >= 11 is 1.43. The lowest BCUT2D eigenvalue weighted by atomic mass is 10.0. The topological polar surface area (TPSA) is 87.8 Å². The van der Waals surface area contributed by atoms with Gasteiger partial charge in [0, 0.05) is 18.8 Å². The number of nitrogens with zero attached hydrogens (tertiary/aromatic N) is 1. The molecule has 1 unspecified atom stereocenters. The van der Waals surface area contributed by atoms with Crippen LogP contribution in [0.4, 0.5) is 0 Å². The van der Waals surface area contributed by atoms with Gasteiger partial charge in [-0.05, 0) is 30.9 Å². The minimum Gasteiger partial charge on any atom is -0.475 e. The van der Waals surface area contributed by atoms with Gasteiger partial charge in [0.1, 0.15) is 0 Å². The average molecular weight is 319 g/mol. The highest BCUT2D eigenvalue weighted by atomic mass is 32.2. The fourth-order valence-electron chi connectivity index (χ4n) is 2.18. The third-order valence-electron chi connectivity index (χ3n) is 3.20. The molecule has 0 aromatic carbocycles. The maximum Gasteiger partial charge on any atom is 0.371 e. The molecule has 2 heterocycles. The molecule has 112 valence electrons. The van der Waals surface area contributed by atoms with E-state index in [2.05, 4.69) is 0 Å². The van der Waals surface area contributed by atoms with E-state index in [-0.39, 0.29) is 11.7 Å². The van der Waals surface area contributed by atoms with Crippen LogP contribution in [0.15, 0.2) is 21.6 Å². The average Bonchev–Trinajstić information content (AvgIpc) is 2.85. The van der Waals surface area contributed by atoms with E-state index in [1.807, 2.05) is 0 Å². The van der Waals surface area contributed by atoms with Crippen molar-refractivity contribution >= 4 is 27.8 Å². The van der Waals surface area contributed by atoms with E-state index in [9.17, 15) is 13.2 Å². The lowest BCUT2D eigenvalue weighted by Gasteiger charge is -2.30. The number of carboxylic acid groups (broad SMARTS) is 1. The zero-order valence-electron chi connectivity index (χ0n) is 11.1. The first-order valence-electron chi connectivity index (χ1n) is 6.27. The predicted molar refractivity (Wildman–Crippen MR) is 75.5 cm³/mol. The zero-order valence-corrected chi connectivity index (χ0v) is 12.7.